The molecule has 0 heterocycles. The molecule has 0 aliphatic heterocycles. The van der Waals surface area contributed by atoms with Crippen LogP contribution in [-0.4, -0.2) is 27.8 Å². The molecule has 0 unspecified atom stereocenters. The lowest BCUT2D eigenvalue weighted by atomic mass is 10.1. The van der Waals surface area contributed by atoms with Crippen molar-refractivity contribution in [1.82, 2.24) is 4.72 Å². The van der Waals surface area contributed by atoms with E-state index in [1.165, 1.54) is 0 Å². The minimum Gasteiger partial charge on any atom is -0.399 e. The Bertz CT molecular complexity index is 477. The predicted molar refractivity (Wildman–Crippen MR) is 78.8 cm³/mol. The predicted octanol–water partition coefficient (Wildman–Crippen LogP) is 1.21. The molecule has 0 aliphatic rings. The number of hydrogen-bond acceptors (Lipinski definition) is 4. The number of nitrogen functional groups attached to an aromatic ring is 1. The van der Waals surface area contributed by atoms with Crippen molar-refractivity contribution in [2.24, 2.45) is 0 Å². The summed E-state index contributed by atoms with van der Waals surface area (Å²) in [6.45, 7) is 3.21. The van der Waals surface area contributed by atoms with Gasteiger partial charge >= 0.3 is 0 Å². The molecule has 1 aromatic carbocycles. The van der Waals surface area contributed by atoms with Gasteiger partial charge in [0, 0.05) is 24.5 Å². The third-order valence-corrected chi connectivity index (χ3v) is 3.01. The fraction of sp³-hybridized carbons (Fsp3) is 0.455. The van der Waals surface area contributed by atoms with Gasteiger partial charge < -0.3 is 11.1 Å². The summed E-state index contributed by atoms with van der Waals surface area (Å²) >= 11 is 0. The number of nitrogens with two attached hydrogens (primary N) is 1. The van der Waals surface area contributed by atoms with Gasteiger partial charge in [0.05, 0.1) is 6.26 Å². The monoisotopic (exact) mass is 293 g/mol. The molecule has 7 heteroatoms. The van der Waals surface area contributed by atoms with E-state index in [-0.39, 0.29) is 12.4 Å². The lowest BCUT2D eigenvalue weighted by molar-refractivity contribution is 0.588. The molecule has 18 heavy (non-hydrogen) atoms. The fourth-order valence-electron chi connectivity index (χ4n) is 1.51. The summed E-state index contributed by atoms with van der Waals surface area (Å²) < 4.78 is 24.3. The van der Waals surface area contributed by atoms with E-state index in [0.29, 0.717) is 18.7 Å². The molecule has 0 saturated carbocycles. The Hall–Kier alpha value is -0.980. The van der Waals surface area contributed by atoms with Crippen molar-refractivity contribution >= 4 is 33.8 Å². The number of rotatable bonds is 6. The van der Waals surface area contributed by atoms with E-state index in [4.69, 9.17) is 5.73 Å². The Morgan fingerprint density at radius 1 is 1.33 bits per heavy atom. The van der Waals surface area contributed by atoms with E-state index < -0.39 is 10.0 Å². The highest BCUT2D eigenvalue weighted by Crippen LogP contribution is 2.18. The molecular formula is C11H20ClN3O2S. The van der Waals surface area contributed by atoms with Crippen molar-refractivity contribution in [2.45, 2.75) is 13.3 Å². The van der Waals surface area contributed by atoms with Crippen molar-refractivity contribution in [2.75, 3.05) is 30.4 Å². The average molecular weight is 294 g/mol. The Balaban J connectivity index is 0.00000289. The molecule has 0 bridgehead atoms. The third-order valence-electron chi connectivity index (χ3n) is 2.28. The van der Waals surface area contributed by atoms with Crippen LogP contribution in [0.1, 0.15) is 12.5 Å². The van der Waals surface area contributed by atoms with Crippen LogP contribution in [0.4, 0.5) is 11.4 Å². The van der Waals surface area contributed by atoms with Crippen LogP contribution in [0.25, 0.3) is 0 Å². The Kier molecular flexibility index (Phi) is 7.05. The Morgan fingerprint density at radius 3 is 2.56 bits per heavy atom. The first kappa shape index (κ1) is 17.0. The maximum atomic E-state index is 10.9. The summed E-state index contributed by atoms with van der Waals surface area (Å²) in [5, 5.41) is 3.19. The molecule has 0 aromatic heterocycles. The van der Waals surface area contributed by atoms with E-state index in [0.717, 1.165) is 24.1 Å². The molecule has 0 fully saturated rings. The first-order valence-electron chi connectivity index (χ1n) is 5.49. The average Bonchev–Trinajstić information content (AvgIpc) is 2.21. The molecule has 0 amide bonds. The van der Waals surface area contributed by atoms with Crippen molar-refractivity contribution < 1.29 is 8.42 Å². The largest absolute Gasteiger partial charge is 0.399 e. The summed E-state index contributed by atoms with van der Waals surface area (Å²) in [4.78, 5) is 0. The summed E-state index contributed by atoms with van der Waals surface area (Å²) in [6, 6.07) is 5.68. The molecule has 104 valence electrons. The summed E-state index contributed by atoms with van der Waals surface area (Å²) in [6.07, 6.45) is 1.73. The van der Waals surface area contributed by atoms with Gasteiger partial charge in [0.15, 0.2) is 0 Å². The molecule has 0 aliphatic carbocycles. The summed E-state index contributed by atoms with van der Waals surface area (Å²) in [5.74, 6) is 0. The van der Waals surface area contributed by atoms with E-state index in [9.17, 15) is 8.42 Å². The van der Waals surface area contributed by atoms with Gasteiger partial charge in [-0.25, -0.2) is 13.1 Å². The second-order valence-corrected chi connectivity index (χ2v) is 5.69. The van der Waals surface area contributed by atoms with Crippen LogP contribution in [0.15, 0.2) is 18.2 Å². The maximum absolute atomic E-state index is 10.9. The number of benzene rings is 1. The highest BCUT2D eigenvalue weighted by molar-refractivity contribution is 7.88. The van der Waals surface area contributed by atoms with Crippen LogP contribution in [0.5, 0.6) is 0 Å². The van der Waals surface area contributed by atoms with E-state index >= 15 is 0 Å². The molecular weight excluding hydrogens is 274 g/mol. The minimum absolute atomic E-state index is 0. The van der Waals surface area contributed by atoms with Crippen molar-refractivity contribution in [3.05, 3.63) is 23.8 Å². The van der Waals surface area contributed by atoms with Gasteiger partial charge in [0.25, 0.3) is 0 Å². The zero-order chi connectivity index (χ0) is 12.9. The molecule has 0 spiro atoms. The van der Waals surface area contributed by atoms with Gasteiger partial charge in [-0.3, -0.25) is 0 Å². The number of halogens is 1. The highest BCUT2D eigenvalue weighted by Gasteiger charge is 2.03. The van der Waals surface area contributed by atoms with Crippen LogP contribution in [0.3, 0.4) is 0 Å². The summed E-state index contributed by atoms with van der Waals surface area (Å²) in [5.41, 5.74) is 8.45. The second kappa shape index (κ2) is 7.45. The smallest absolute Gasteiger partial charge is 0.208 e. The normalized spacial score (nSPS) is 10.8. The van der Waals surface area contributed by atoms with Gasteiger partial charge in [0.2, 0.25) is 10.0 Å². The Morgan fingerprint density at radius 2 is 2.00 bits per heavy atom. The maximum Gasteiger partial charge on any atom is 0.208 e. The molecule has 1 rings (SSSR count). The number of hydrogen-bond donors (Lipinski definition) is 3. The molecule has 5 nitrogen and oxygen atoms in total. The minimum atomic E-state index is -3.13. The zero-order valence-corrected chi connectivity index (χ0v) is 12.2. The number of nitrogens with one attached hydrogen (secondary N) is 2. The lowest BCUT2D eigenvalue weighted by Gasteiger charge is -2.09. The van der Waals surface area contributed by atoms with Gasteiger partial charge in [-0.05, 0) is 37.1 Å². The van der Waals surface area contributed by atoms with Crippen LogP contribution >= 0.6 is 12.4 Å². The van der Waals surface area contributed by atoms with Gasteiger partial charge in [-0.15, -0.1) is 12.4 Å². The van der Waals surface area contributed by atoms with Gasteiger partial charge in [0.1, 0.15) is 0 Å². The first-order valence-corrected chi connectivity index (χ1v) is 7.38. The van der Waals surface area contributed by atoms with Crippen molar-refractivity contribution in [3.63, 3.8) is 0 Å². The molecule has 0 saturated heterocycles. The SMILES string of the molecule is CCNc1ccc(N)c(CCNS(C)(=O)=O)c1.Cl. The Labute approximate surface area is 115 Å². The molecule has 0 radical (unpaired) electrons. The quantitative estimate of drug-likeness (QED) is 0.689. The van der Waals surface area contributed by atoms with Gasteiger partial charge in [-0.2, -0.15) is 0 Å². The highest BCUT2D eigenvalue weighted by atomic mass is 35.5. The zero-order valence-electron chi connectivity index (χ0n) is 10.6. The van der Waals surface area contributed by atoms with Crippen LogP contribution in [0.2, 0.25) is 0 Å². The van der Waals surface area contributed by atoms with Crippen molar-refractivity contribution in [1.29, 1.82) is 0 Å². The standard InChI is InChI=1S/C11H19N3O2S.ClH/c1-3-13-10-4-5-11(12)9(8-10)6-7-14-17(2,15)16;/h4-5,8,13-14H,3,6-7,12H2,1-2H3;1H. The van der Waals surface area contributed by atoms with Crippen LogP contribution in [0, 0.1) is 0 Å². The third kappa shape index (κ3) is 6.09. The van der Waals surface area contributed by atoms with E-state index in [1.807, 2.05) is 25.1 Å². The molecule has 0 atom stereocenters. The topological polar surface area (TPSA) is 84.2 Å². The summed E-state index contributed by atoms with van der Waals surface area (Å²) in [7, 11) is -3.13. The fourth-order valence-corrected chi connectivity index (χ4v) is 1.98. The molecule has 4 N–H and O–H groups in total. The van der Waals surface area contributed by atoms with Gasteiger partial charge in [-0.1, -0.05) is 0 Å². The number of sulfonamides is 1. The second-order valence-electron chi connectivity index (χ2n) is 3.86. The first-order chi connectivity index (χ1) is 7.92. The van der Waals surface area contributed by atoms with Crippen LogP contribution in [-0.2, 0) is 16.4 Å². The van der Waals surface area contributed by atoms with Crippen LogP contribution < -0.4 is 15.8 Å². The van der Waals surface area contributed by atoms with Crippen molar-refractivity contribution in [3.8, 4) is 0 Å². The number of anilines is 2. The van der Waals surface area contributed by atoms with E-state index in [1.54, 1.807) is 0 Å². The molecule has 1 aromatic rings. The lowest BCUT2D eigenvalue weighted by Crippen LogP contribution is -2.24. The van der Waals surface area contributed by atoms with E-state index in [2.05, 4.69) is 10.0 Å².